The average Bonchev–Trinajstić information content (AvgIpc) is 3.60. The summed E-state index contributed by atoms with van der Waals surface area (Å²) in [5.41, 5.74) is 9.89. The van der Waals surface area contributed by atoms with Gasteiger partial charge in [-0.3, -0.25) is 18.6 Å². The van der Waals surface area contributed by atoms with Gasteiger partial charge in [-0.05, 0) is 106 Å². The third kappa shape index (κ3) is 9.19. The van der Waals surface area contributed by atoms with Crippen LogP contribution in [-0.4, -0.2) is 120 Å². The third-order valence-corrected chi connectivity index (χ3v) is 14.1. The number of fused-ring (bicyclic) bond motifs is 1. The number of hydrogen-bond acceptors (Lipinski definition) is 9. The maximum Gasteiger partial charge on any atom is 0.253 e. The number of carbonyl (C=O) groups is 3. The minimum Gasteiger partial charge on any atom is -0.382 e. The van der Waals surface area contributed by atoms with Crippen LogP contribution in [0.15, 0.2) is 60.8 Å². The average molecular weight is 786 g/mol. The zero-order valence-corrected chi connectivity index (χ0v) is 34.1. The van der Waals surface area contributed by atoms with Gasteiger partial charge in [-0.15, -0.1) is 0 Å². The molecule has 1 saturated carbocycles. The summed E-state index contributed by atoms with van der Waals surface area (Å²) < 4.78 is 14.6. The lowest BCUT2D eigenvalue weighted by Crippen LogP contribution is -2.44. The Kier molecular flexibility index (Phi) is 12.0. The van der Waals surface area contributed by atoms with E-state index in [0.717, 1.165) is 82.6 Å². The standard InChI is InChI=1S/C42H59N9O4S/c1-28(29-7-11-35(12-8-29)49-22-20-48(2)21-23-49)45-42(54)32-10-14-39(44-27-32)51-17-5-6-30-24-34(26-38(30)51)47-41(53)31-9-13-36(40(43)52)37(25-31)46-33-15-18-50(19-16-33)56(3,4)55/h7-14,25,27-28,30,33-34,38,46,56H,5-6,15-24,26H2,1-4H3,(H2,43,52)(H,45,54)(H,47,53)/t28-,30?,34?,38?/m0/s1. The molecule has 7 rings (SSSR count). The molecule has 302 valence electrons. The van der Waals surface area contributed by atoms with Crippen LogP contribution in [0.4, 0.5) is 17.2 Å². The molecule has 5 N–H and O–H groups in total. The summed E-state index contributed by atoms with van der Waals surface area (Å²) in [7, 11) is -0.156. The van der Waals surface area contributed by atoms with E-state index in [1.165, 1.54) is 5.69 Å². The van der Waals surface area contributed by atoms with E-state index in [4.69, 9.17) is 10.7 Å². The first kappa shape index (κ1) is 39.7. The van der Waals surface area contributed by atoms with Crippen molar-refractivity contribution in [2.45, 2.75) is 69.6 Å². The number of aromatic nitrogens is 1. The van der Waals surface area contributed by atoms with Crippen molar-refractivity contribution in [1.82, 2.24) is 24.8 Å². The molecule has 4 heterocycles. The molecule has 3 unspecified atom stereocenters. The fourth-order valence-corrected chi connectivity index (χ4v) is 10.2. The summed E-state index contributed by atoms with van der Waals surface area (Å²) in [6, 6.07) is 17.5. The number of nitrogens with one attached hydrogen (secondary N) is 3. The molecular formula is C42H59N9O4S. The van der Waals surface area contributed by atoms with Gasteiger partial charge in [0, 0.05) is 99.6 Å². The predicted octanol–water partition coefficient (Wildman–Crippen LogP) is 3.67. The van der Waals surface area contributed by atoms with Gasteiger partial charge in [0.1, 0.15) is 5.82 Å². The molecule has 3 amide bonds. The van der Waals surface area contributed by atoms with Crippen LogP contribution in [0.3, 0.4) is 0 Å². The fourth-order valence-electron chi connectivity index (χ4n) is 8.98. The lowest BCUT2D eigenvalue weighted by atomic mass is 9.92. The molecule has 4 aliphatic rings. The Morgan fingerprint density at radius 2 is 1.55 bits per heavy atom. The summed E-state index contributed by atoms with van der Waals surface area (Å²) >= 11 is 0. The molecule has 4 atom stereocenters. The molecule has 1 aliphatic carbocycles. The number of amides is 3. The van der Waals surface area contributed by atoms with Gasteiger partial charge in [0.15, 0.2) is 0 Å². The van der Waals surface area contributed by atoms with Crippen LogP contribution in [0.2, 0.25) is 0 Å². The van der Waals surface area contributed by atoms with Gasteiger partial charge in [0.2, 0.25) is 0 Å². The summed E-state index contributed by atoms with van der Waals surface area (Å²) in [6.45, 7) is 8.43. The lowest BCUT2D eigenvalue weighted by molar-refractivity contribution is 0.0929. The minimum atomic E-state index is -2.31. The summed E-state index contributed by atoms with van der Waals surface area (Å²) in [6.07, 6.45) is 10.6. The molecule has 14 heteroatoms. The Labute approximate surface area is 332 Å². The smallest absolute Gasteiger partial charge is 0.253 e. The van der Waals surface area contributed by atoms with Crippen LogP contribution < -0.4 is 31.5 Å². The highest BCUT2D eigenvalue weighted by Crippen LogP contribution is 2.39. The Morgan fingerprint density at radius 3 is 2.21 bits per heavy atom. The van der Waals surface area contributed by atoms with Crippen molar-refractivity contribution < 1.29 is 18.6 Å². The second kappa shape index (κ2) is 16.9. The second-order valence-electron chi connectivity index (χ2n) is 16.6. The van der Waals surface area contributed by atoms with E-state index in [0.29, 0.717) is 41.4 Å². The maximum atomic E-state index is 13.6. The first-order chi connectivity index (χ1) is 26.8. The normalized spacial score (nSPS) is 23.2. The quantitative estimate of drug-likeness (QED) is 0.183. The summed E-state index contributed by atoms with van der Waals surface area (Å²) in [5, 5.41) is 9.87. The van der Waals surface area contributed by atoms with E-state index in [2.05, 4.69) is 62.0 Å². The number of piperidine rings is 2. The number of pyridine rings is 1. The number of anilines is 3. The van der Waals surface area contributed by atoms with Crippen molar-refractivity contribution in [3.8, 4) is 0 Å². The van der Waals surface area contributed by atoms with Gasteiger partial charge in [-0.2, -0.15) is 0 Å². The number of nitrogens with zero attached hydrogens (tertiary/aromatic N) is 5. The van der Waals surface area contributed by atoms with Crippen molar-refractivity contribution in [3.63, 3.8) is 0 Å². The van der Waals surface area contributed by atoms with Crippen LogP contribution in [0, 0.1) is 5.92 Å². The van der Waals surface area contributed by atoms with Gasteiger partial charge in [-0.25, -0.2) is 9.29 Å². The number of primary amides is 1. The monoisotopic (exact) mass is 785 g/mol. The van der Waals surface area contributed by atoms with Gasteiger partial charge in [0.05, 0.1) is 17.2 Å². The van der Waals surface area contributed by atoms with Gasteiger partial charge in [-0.1, -0.05) is 22.3 Å². The number of nitrogens with two attached hydrogens (primary N) is 1. The number of piperazine rings is 1. The van der Waals surface area contributed by atoms with E-state index in [-0.39, 0.29) is 36.0 Å². The molecule has 2 aromatic carbocycles. The van der Waals surface area contributed by atoms with Crippen molar-refractivity contribution in [2.75, 3.05) is 80.5 Å². The van der Waals surface area contributed by atoms with E-state index in [1.54, 1.807) is 36.9 Å². The van der Waals surface area contributed by atoms with E-state index < -0.39 is 16.0 Å². The number of thiol groups is 1. The van der Waals surface area contributed by atoms with E-state index in [1.807, 2.05) is 23.4 Å². The van der Waals surface area contributed by atoms with Crippen molar-refractivity contribution in [1.29, 1.82) is 0 Å². The number of carbonyl (C=O) groups excluding carboxylic acids is 3. The van der Waals surface area contributed by atoms with E-state index in [9.17, 15) is 18.6 Å². The molecule has 3 saturated heterocycles. The highest BCUT2D eigenvalue weighted by atomic mass is 32.3. The fraction of sp³-hybridized carbons (Fsp3) is 0.524. The zero-order valence-electron chi connectivity index (χ0n) is 33.2. The largest absolute Gasteiger partial charge is 0.382 e. The topological polar surface area (TPSA) is 156 Å². The molecule has 56 heavy (non-hydrogen) atoms. The Morgan fingerprint density at radius 1 is 0.839 bits per heavy atom. The molecule has 3 aromatic rings. The van der Waals surface area contributed by atoms with Crippen molar-refractivity contribution in [2.24, 2.45) is 11.7 Å². The SMILES string of the molecule is C[C@H](NC(=O)c1ccc(N2CCCC3CC(NC(=O)c4ccc(C(N)=O)c(NC5CCN([SH](C)(C)=O)CC5)c4)CC32)nc1)c1ccc(N2CCN(C)CC2)cc1. The number of benzene rings is 2. The second-order valence-corrected chi connectivity index (χ2v) is 19.7. The molecule has 0 spiro atoms. The molecule has 13 nitrogen and oxygen atoms in total. The maximum absolute atomic E-state index is 13.6. The molecule has 0 radical (unpaired) electrons. The Hall–Kier alpha value is -4.53. The first-order valence-corrected chi connectivity index (χ1v) is 22.8. The van der Waals surface area contributed by atoms with Crippen LogP contribution >= 0.6 is 0 Å². The lowest BCUT2D eigenvalue weighted by Gasteiger charge is -2.38. The van der Waals surface area contributed by atoms with Crippen LogP contribution in [0.5, 0.6) is 0 Å². The molecule has 3 aliphatic heterocycles. The highest BCUT2D eigenvalue weighted by Gasteiger charge is 2.41. The van der Waals surface area contributed by atoms with Crippen LogP contribution in [-0.2, 0) is 10.1 Å². The third-order valence-electron chi connectivity index (χ3n) is 12.3. The molecule has 0 bridgehead atoms. The van der Waals surface area contributed by atoms with Gasteiger partial charge in [0.25, 0.3) is 17.7 Å². The molecular weight excluding hydrogens is 727 g/mol. The number of likely N-dealkylation sites (N-methyl/N-ethyl adjacent to an activating group) is 1. The predicted molar refractivity (Wildman–Crippen MR) is 225 cm³/mol. The summed E-state index contributed by atoms with van der Waals surface area (Å²) in [5.74, 6) is 0.379. The molecule has 1 aromatic heterocycles. The highest BCUT2D eigenvalue weighted by molar-refractivity contribution is 7.99. The van der Waals surface area contributed by atoms with Crippen LogP contribution in [0.1, 0.15) is 88.1 Å². The number of rotatable bonds is 11. The zero-order chi connectivity index (χ0) is 39.6. The molecule has 4 fully saturated rings. The van der Waals surface area contributed by atoms with Crippen LogP contribution in [0.25, 0.3) is 0 Å². The van der Waals surface area contributed by atoms with Crippen molar-refractivity contribution >= 4 is 45.0 Å². The van der Waals surface area contributed by atoms with E-state index >= 15 is 0 Å². The Bertz CT molecular complexity index is 1920. The Balaban J connectivity index is 0.937. The first-order valence-electron chi connectivity index (χ1n) is 20.2. The number of hydrogen-bond donors (Lipinski definition) is 5. The van der Waals surface area contributed by atoms with Crippen molar-refractivity contribution in [3.05, 3.63) is 83.0 Å². The van der Waals surface area contributed by atoms with Gasteiger partial charge >= 0.3 is 0 Å². The minimum absolute atomic E-state index is 0.00408. The van der Waals surface area contributed by atoms with Gasteiger partial charge < -0.3 is 36.4 Å². The summed E-state index contributed by atoms with van der Waals surface area (Å²) in [4.78, 5) is 51.1.